The molecule has 0 aliphatic carbocycles. The van der Waals surface area contributed by atoms with Crippen molar-refractivity contribution in [2.45, 2.75) is 0 Å². The second-order valence-electron chi connectivity index (χ2n) is 2.60. The number of carbonyl (C=O) groups excluding carboxylic acids is 1. The quantitative estimate of drug-likeness (QED) is 0.707. The molecule has 0 fully saturated rings. The zero-order valence-corrected chi connectivity index (χ0v) is 7.48. The van der Waals surface area contributed by atoms with Crippen LogP contribution in [0.25, 0.3) is 6.08 Å². The number of carboxylic acids is 1. The molecule has 1 rings (SSSR count). The molecular formula is C9H7FN2O3. The van der Waals surface area contributed by atoms with Gasteiger partial charge in [0.2, 0.25) is 5.91 Å². The Morgan fingerprint density at radius 2 is 2.20 bits per heavy atom. The number of carbonyl (C=O) groups is 2. The summed E-state index contributed by atoms with van der Waals surface area (Å²) in [5, 5.41) is 8.58. The van der Waals surface area contributed by atoms with Gasteiger partial charge < -0.3 is 10.8 Å². The number of aromatic nitrogens is 1. The molecule has 1 aromatic rings. The summed E-state index contributed by atoms with van der Waals surface area (Å²) < 4.78 is 13.3. The normalized spacial score (nSPS) is 10.5. The Labute approximate surface area is 84.0 Å². The Bertz CT molecular complexity index is 443. The van der Waals surface area contributed by atoms with Gasteiger partial charge in [-0.1, -0.05) is 0 Å². The van der Waals surface area contributed by atoms with Gasteiger partial charge in [-0.15, -0.1) is 0 Å². The molecule has 15 heavy (non-hydrogen) atoms. The number of primary amides is 1. The van der Waals surface area contributed by atoms with Crippen LogP contribution in [0, 0.1) is 5.82 Å². The monoisotopic (exact) mass is 210 g/mol. The SMILES string of the molecule is NC(=O)C=Cc1nccc(C(=O)O)c1F. The summed E-state index contributed by atoms with van der Waals surface area (Å²) in [6, 6.07) is 1.03. The van der Waals surface area contributed by atoms with E-state index in [1.165, 1.54) is 0 Å². The van der Waals surface area contributed by atoms with Crippen molar-refractivity contribution in [2.24, 2.45) is 5.73 Å². The number of rotatable bonds is 3. The number of aromatic carboxylic acids is 1. The maximum atomic E-state index is 13.3. The number of pyridine rings is 1. The molecule has 0 saturated heterocycles. The van der Waals surface area contributed by atoms with Crippen LogP contribution in [0.3, 0.4) is 0 Å². The Hall–Kier alpha value is -2.24. The Kier molecular flexibility index (Phi) is 3.12. The van der Waals surface area contributed by atoms with Crippen LogP contribution in [0.1, 0.15) is 16.1 Å². The Morgan fingerprint density at radius 3 is 2.73 bits per heavy atom. The van der Waals surface area contributed by atoms with Gasteiger partial charge in [-0.2, -0.15) is 0 Å². The fraction of sp³-hybridized carbons (Fsp3) is 0. The average molecular weight is 210 g/mol. The Morgan fingerprint density at radius 1 is 1.53 bits per heavy atom. The predicted octanol–water partition coefficient (Wildman–Crippen LogP) is 0.417. The largest absolute Gasteiger partial charge is 0.478 e. The van der Waals surface area contributed by atoms with E-state index < -0.39 is 23.3 Å². The lowest BCUT2D eigenvalue weighted by molar-refractivity contribution is -0.113. The standard InChI is InChI=1S/C9H7FN2O3/c10-8-5(9(14)15)3-4-12-6(8)1-2-7(11)13/h1-4H,(H2,11,13)(H,14,15). The molecule has 0 radical (unpaired) electrons. The van der Waals surface area contributed by atoms with Gasteiger partial charge in [-0.05, 0) is 12.1 Å². The van der Waals surface area contributed by atoms with E-state index in [1.807, 2.05) is 0 Å². The fourth-order valence-electron chi connectivity index (χ4n) is 0.902. The van der Waals surface area contributed by atoms with Gasteiger partial charge in [0.15, 0.2) is 5.82 Å². The lowest BCUT2D eigenvalue weighted by Crippen LogP contribution is -2.06. The van der Waals surface area contributed by atoms with Gasteiger partial charge in [0.05, 0.1) is 11.3 Å². The molecule has 6 heteroatoms. The van der Waals surface area contributed by atoms with Crippen molar-refractivity contribution in [1.82, 2.24) is 4.98 Å². The van der Waals surface area contributed by atoms with Crippen LogP contribution in [0.4, 0.5) is 4.39 Å². The summed E-state index contributed by atoms with van der Waals surface area (Å²) in [7, 11) is 0. The first kappa shape index (κ1) is 10.8. The maximum absolute atomic E-state index is 13.3. The zero-order valence-electron chi connectivity index (χ0n) is 7.48. The summed E-state index contributed by atoms with van der Waals surface area (Å²) >= 11 is 0. The summed E-state index contributed by atoms with van der Waals surface area (Å²) in [4.78, 5) is 24.5. The van der Waals surface area contributed by atoms with E-state index in [2.05, 4.69) is 4.98 Å². The molecule has 1 amide bonds. The number of hydrogen-bond acceptors (Lipinski definition) is 3. The number of halogens is 1. The van der Waals surface area contributed by atoms with Crippen LogP contribution >= 0.6 is 0 Å². The first-order valence-corrected chi connectivity index (χ1v) is 3.87. The molecule has 0 unspecified atom stereocenters. The van der Waals surface area contributed by atoms with E-state index in [0.717, 1.165) is 24.4 Å². The van der Waals surface area contributed by atoms with Crippen LogP contribution in [-0.4, -0.2) is 22.0 Å². The fourth-order valence-corrected chi connectivity index (χ4v) is 0.902. The molecule has 5 nitrogen and oxygen atoms in total. The highest BCUT2D eigenvalue weighted by Crippen LogP contribution is 2.11. The van der Waals surface area contributed by atoms with Gasteiger partial charge in [-0.3, -0.25) is 9.78 Å². The first-order chi connectivity index (χ1) is 7.02. The van der Waals surface area contributed by atoms with E-state index in [0.29, 0.717) is 0 Å². The number of nitrogens with two attached hydrogens (primary N) is 1. The minimum absolute atomic E-state index is 0.242. The number of amides is 1. The second-order valence-corrected chi connectivity index (χ2v) is 2.60. The molecule has 1 heterocycles. The molecule has 0 aliphatic rings. The van der Waals surface area contributed by atoms with E-state index in [4.69, 9.17) is 10.8 Å². The summed E-state index contributed by atoms with van der Waals surface area (Å²) in [5.74, 6) is -3.16. The van der Waals surface area contributed by atoms with Gasteiger partial charge >= 0.3 is 5.97 Å². The molecule has 0 bridgehead atoms. The number of carboxylic acid groups (broad SMARTS) is 1. The summed E-state index contributed by atoms with van der Waals surface area (Å²) in [6.45, 7) is 0. The highest BCUT2D eigenvalue weighted by molar-refractivity contribution is 5.91. The molecule has 3 N–H and O–H groups in total. The van der Waals surface area contributed by atoms with Crippen molar-refractivity contribution in [3.63, 3.8) is 0 Å². The minimum atomic E-state index is -1.40. The van der Waals surface area contributed by atoms with Crippen molar-refractivity contribution in [2.75, 3.05) is 0 Å². The van der Waals surface area contributed by atoms with Gasteiger partial charge in [-0.25, -0.2) is 9.18 Å². The van der Waals surface area contributed by atoms with E-state index in [-0.39, 0.29) is 5.69 Å². The zero-order chi connectivity index (χ0) is 11.4. The van der Waals surface area contributed by atoms with Crippen molar-refractivity contribution >= 4 is 18.0 Å². The third-order valence-electron chi connectivity index (χ3n) is 1.55. The molecule has 1 aromatic heterocycles. The van der Waals surface area contributed by atoms with Crippen molar-refractivity contribution < 1.29 is 19.1 Å². The highest BCUT2D eigenvalue weighted by atomic mass is 19.1. The van der Waals surface area contributed by atoms with Crippen LogP contribution in [0.5, 0.6) is 0 Å². The molecule has 0 atom stereocenters. The molecule has 0 aromatic carbocycles. The van der Waals surface area contributed by atoms with E-state index in [9.17, 15) is 14.0 Å². The van der Waals surface area contributed by atoms with Gasteiger partial charge in [0.1, 0.15) is 0 Å². The maximum Gasteiger partial charge on any atom is 0.338 e. The first-order valence-electron chi connectivity index (χ1n) is 3.87. The number of nitrogens with zero attached hydrogens (tertiary/aromatic N) is 1. The molecule has 0 spiro atoms. The molecule has 78 valence electrons. The Balaban J connectivity index is 3.15. The van der Waals surface area contributed by atoms with Crippen LogP contribution < -0.4 is 5.73 Å². The molecule has 0 saturated carbocycles. The van der Waals surface area contributed by atoms with Crippen LogP contribution in [-0.2, 0) is 4.79 Å². The lowest BCUT2D eigenvalue weighted by Gasteiger charge is -1.99. The van der Waals surface area contributed by atoms with E-state index >= 15 is 0 Å². The lowest BCUT2D eigenvalue weighted by atomic mass is 10.2. The second kappa shape index (κ2) is 4.32. The van der Waals surface area contributed by atoms with Crippen LogP contribution in [0.2, 0.25) is 0 Å². The third-order valence-corrected chi connectivity index (χ3v) is 1.55. The average Bonchev–Trinajstić information content (AvgIpc) is 2.15. The van der Waals surface area contributed by atoms with E-state index in [1.54, 1.807) is 0 Å². The third kappa shape index (κ3) is 2.60. The van der Waals surface area contributed by atoms with Crippen LogP contribution in [0.15, 0.2) is 18.3 Å². The summed E-state index contributed by atoms with van der Waals surface area (Å²) in [6.07, 6.45) is 3.05. The highest BCUT2D eigenvalue weighted by Gasteiger charge is 2.13. The summed E-state index contributed by atoms with van der Waals surface area (Å²) in [5.41, 5.74) is 4.05. The van der Waals surface area contributed by atoms with Crippen molar-refractivity contribution in [3.05, 3.63) is 35.4 Å². The number of hydrogen-bond donors (Lipinski definition) is 2. The van der Waals surface area contributed by atoms with Gasteiger partial charge in [0.25, 0.3) is 0 Å². The van der Waals surface area contributed by atoms with Gasteiger partial charge in [0, 0.05) is 12.3 Å². The van der Waals surface area contributed by atoms with Crippen molar-refractivity contribution in [3.8, 4) is 0 Å². The molecular weight excluding hydrogens is 203 g/mol. The molecule has 0 aliphatic heterocycles. The van der Waals surface area contributed by atoms with Crippen molar-refractivity contribution in [1.29, 1.82) is 0 Å². The predicted molar refractivity (Wildman–Crippen MR) is 49.4 cm³/mol. The topological polar surface area (TPSA) is 93.3 Å². The smallest absolute Gasteiger partial charge is 0.338 e. The minimum Gasteiger partial charge on any atom is -0.478 e.